The number of nitrogens with zero attached hydrogens (tertiary/aromatic N) is 1. The number of rotatable bonds is 7. The first-order valence-corrected chi connectivity index (χ1v) is 64.9. The predicted octanol–water partition coefficient (Wildman–Crippen LogP) is 38.0. The Hall–Kier alpha value is -0.280. The molecule has 15 aliphatic heterocycles. The molecule has 22 saturated carbocycles. The molecule has 824 valence electrons. The van der Waals surface area contributed by atoms with Gasteiger partial charge >= 0.3 is 0 Å². The fourth-order valence-electron chi connectivity index (χ4n) is 42.2. The van der Waals surface area contributed by atoms with Gasteiger partial charge in [-0.15, -0.1) is 0 Å². The summed E-state index contributed by atoms with van der Waals surface area (Å²) >= 11 is 0. The van der Waals surface area contributed by atoms with E-state index in [-0.39, 0.29) is 22.2 Å². The molecule has 0 N–H and O–H groups in total. The summed E-state index contributed by atoms with van der Waals surface area (Å²) in [6.07, 6.45) is 85.7. The molecule has 0 aromatic rings. The highest BCUT2D eigenvalue weighted by Crippen LogP contribution is 3.08. The molecule has 143 heavy (non-hydrogen) atoms. The zero-order chi connectivity index (χ0) is 102. The Balaban J connectivity index is 0.000000103. The minimum absolute atomic E-state index is 0.128. The lowest BCUT2D eigenvalue weighted by Crippen LogP contribution is -3.07. The lowest BCUT2D eigenvalue weighted by molar-refractivity contribution is -0.634. The van der Waals surface area contributed by atoms with Crippen LogP contribution in [0.2, 0.25) is 0 Å². The van der Waals surface area contributed by atoms with Gasteiger partial charge in [0, 0.05) is 19.3 Å². The highest BCUT2D eigenvalue weighted by atomic mass is 16.6. The Morgan fingerprint density at radius 2 is 0.622 bits per heavy atom. The van der Waals surface area contributed by atoms with Crippen molar-refractivity contribution in [3.63, 3.8) is 0 Å². The fraction of sp³-hybridized carbons (Fsp3) is 1.00. The molecule has 0 aromatic carbocycles. The van der Waals surface area contributed by atoms with Gasteiger partial charge in [-0.05, 0) is 516 Å². The van der Waals surface area contributed by atoms with Crippen molar-refractivity contribution in [2.75, 3.05) is 32.8 Å². The van der Waals surface area contributed by atoms with Gasteiger partial charge in [0.05, 0.1) is 72.2 Å². The molecule has 15 saturated heterocycles. The molecular weight excluding hydrogens is 1740 g/mol. The summed E-state index contributed by atoms with van der Waals surface area (Å²) in [6, 6.07) is 0. The minimum Gasteiger partial charge on any atom is -0.378 e. The van der Waals surface area contributed by atoms with Crippen LogP contribution in [0.25, 0.3) is 0 Å². The second-order valence-corrected chi connectivity index (χ2v) is 65.9. The third-order valence-corrected chi connectivity index (χ3v) is 53.4. The summed E-state index contributed by atoms with van der Waals surface area (Å²) in [5, 5.41) is 0. The molecule has 0 radical (unpaired) electrons. The topological polar surface area (TPSA) is 58.6 Å². The van der Waals surface area contributed by atoms with Crippen LogP contribution in [-0.2, 0) is 28.4 Å². The van der Waals surface area contributed by atoms with Crippen molar-refractivity contribution in [2.24, 2.45) is 201 Å². The van der Waals surface area contributed by atoms with Crippen LogP contribution in [0.3, 0.4) is 0 Å². The number of hydrogen-bond acceptors (Lipinski definition) is 7. The summed E-state index contributed by atoms with van der Waals surface area (Å²) < 4.78 is 35.9. The summed E-state index contributed by atoms with van der Waals surface area (Å²) in [5.74, 6) is 23.3. The van der Waals surface area contributed by atoms with Crippen LogP contribution in [0.15, 0.2) is 0 Å². The number of hydrogen-bond donors (Lipinski definition) is 0. The van der Waals surface area contributed by atoms with Crippen molar-refractivity contribution in [2.45, 2.75) is 626 Å². The van der Waals surface area contributed by atoms with Gasteiger partial charge in [-0.2, -0.15) is 0 Å². The van der Waals surface area contributed by atoms with Gasteiger partial charge in [0.1, 0.15) is 0 Å². The number of piperidine rings is 3. The van der Waals surface area contributed by atoms with E-state index in [1.54, 1.807) is 44.9 Å². The van der Waals surface area contributed by atoms with Crippen molar-refractivity contribution >= 4 is 0 Å². The molecule has 7 heteroatoms. The number of ether oxygens (including phenoxy) is 6. The second-order valence-electron chi connectivity index (χ2n) is 65.9. The third kappa shape index (κ3) is 21.4. The van der Waals surface area contributed by atoms with Crippen LogP contribution in [-0.4, -0.2) is 96.8 Å². The van der Waals surface area contributed by atoms with Gasteiger partial charge in [-0.25, -0.2) is 0 Å². The van der Waals surface area contributed by atoms with Crippen LogP contribution in [0, 0.1) is 201 Å². The van der Waals surface area contributed by atoms with Gasteiger partial charge in [-0.1, -0.05) is 252 Å². The average Bonchev–Trinajstić information content (AvgIpc) is 0.808. The van der Waals surface area contributed by atoms with Gasteiger partial charge in [0.2, 0.25) is 0 Å². The van der Waals surface area contributed by atoms with E-state index in [1.165, 1.54) is 363 Å². The van der Waals surface area contributed by atoms with Crippen LogP contribution in [0.5, 0.6) is 0 Å². The molecular formula is C136H239NO6. The lowest BCUT2D eigenvalue weighted by Gasteiger charge is -3.09. The van der Waals surface area contributed by atoms with E-state index in [4.69, 9.17) is 28.4 Å². The van der Waals surface area contributed by atoms with Crippen molar-refractivity contribution in [3.05, 3.63) is 0 Å². The first kappa shape index (κ1) is 112. The lowest BCUT2D eigenvalue weighted by atomic mass is 8.94. The van der Waals surface area contributed by atoms with E-state index in [0.29, 0.717) is 97.9 Å². The normalized spacial score (nSPS) is 47.7. The van der Waals surface area contributed by atoms with Crippen molar-refractivity contribution < 1.29 is 28.4 Å². The molecule has 37 aliphatic rings. The first-order valence-electron chi connectivity index (χ1n) is 64.9. The molecule has 37 fully saturated rings. The molecule has 8 atom stereocenters. The molecule has 22 aliphatic carbocycles. The maximum absolute atomic E-state index is 6.18. The Morgan fingerprint density at radius 1 is 0.245 bits per heavy atom. The van der Waals surface area contributed by atoms with E-state index in [1.807, 2.05) is 0 Å². The Bertz CT molecular complexity index is 3650. The van der Waals surface area contributed by atoms with Crippen molar-refractivity contribution in [1.82, 2.24) is 4.90 Å². The van der Waals surface area contributed by atoms with Gasteiger partial charge in [0.25, 0.3) is 0 Å². The van der Waals surface area contributed by atoms with Crippen LogP contribution >= 0.6 is 0 Å². The summed E-state index contributed by atoms with van der Waals surface area (Å²) in [4.78, 5) is 2.62. The van der Waals surface area contributed by atoms with Crippen LogP contribution in [0.1, 0.15) is 567 Å². The van der Waals surface area contributed by atoms with Gasteiger partial charge in [-0.3, -0.25) is 0 Å². The van der Waals surface area contributed by atoms with E-state index in [0.717, 1.165) is 131 Å². The highest BCUT2D eigenvalue weighted by molar-refractivity contribution is 5.51. The fourth-order valence-corrected chi connectivity index (χ4v) is 42.2. The molecule has 7 nitrogen and oxygen atoms in total. The van der Waals surface area contributed by atoms with Crippen molar-refractivity contribution in [1.29, 1.82) is 0 Å². The van der Waals surface area contributed by atoms with Crippen molar-refractivity contribution in [3.8, 4) is 0 Å². The van der Waals surface area contributed by atoms with E-state index in [2.05, 4.69) is 206 Å². The quantitative estimate of drug-likeness (QED) is 0.252. The zero-order valence-corrected chi connectivity index (χ0v) is 100. The second kappa shape index (κ2) is 42.6. The van der Waals surface area contributed by atoms with Gasteiger partial charge < -0.3 is 33.3 Å². The molecule has 26 bridgehead atoms. The molecule has 8 unspecified atom stereocenters. The summed E-state index contributed by atoms with van der Waals surface area (Å²) in [7, 11) is 0. The summed E-state index contributed by atoms with van der Waals surface area (Å²) in [6.45, 7) is 75.6. The third-order valence-electron chi connectivity index (χ3n) is 53.4. The van der Waals surface area contributed by atoms with E-state index in [9.17, 15) is 0 Å². The highest BCUT2D eigenvalue weighted by Gasteiger charge is 3.05. The summed E-state index contributed by atoms with van der Waals surface area (Å²) in [5.41, 5.74) is 9.48. The Morgan fingerprint density at radius 3 is 0.986 bits per heavy atom. The van der Waals surface area contributed by atoms with E-state index >= 15 is 0 Å². The Labute approximate surface area is 886 Å². The van der Waals surface area contributed by atoms with E-state index < -0.39 is 0 Å². The monoisotopic (exact) mass is 1980 g/mol. The number of fused-ring (bicyclic) bond motifs is 24. The zero-order valence-electron chi connectivity index (χ0n) is 100. The smallest absolute Gasteiger partial charge is 0.0870 e. The molecule has 15 heterocycles. The molecule has 37 rings (SSSR count). The Kier molecular flexibility index (Phi) is 33.5. The first-order chi connectivity index (χ1) is 67.3. The SMILES string of the molecule is CC(C)(C)C12C3C4C5C3C1C5C42.CC(C)(C)C12CC3CC(O1)C(C2)O3.CC(C)(C)C12CCC(CC1)CC2.CC(C)(C)C12CCCC(CCC1)C2.CC(C)(C)C12CCN(CC1)CC2.CC(C)C12CC3CC(CC(C3)C1)C2.CC(C)C12CCC(CC1)CO2.CC(C)C12CCC(CC1)OC2.CC(C)C12CCCC(CC1)C2.CC(C)C12CCCC(CC1)CC2.CC(C)C12CCCC(CC1)O2.CC(C)C12CCCC(CCC1)O2. The standard InChI is InChI=1S/C13H22.C13H24.C12H16.2C12H22.C11H21N.C11H18O2.C11H20O.C11H20.3C10H18O/c1-9(2)13-6-10-3-11(7-13)5-12(4-10)8-13;1-12(2,3)13-8-4-6-11(10-13)7-5-9-13;1-11(2,3)12-8-5-4-6(8)10(12)7(4)9(5)12;1-11(2,3)12-7-4-10(5-8-12)6-9-12;1-10(2)12-7-3-4-11(5-8-12)6-9-12;1-10(2,3)11-4-7-12(8-5-11)9-6-11;1-10(2,3)11-5-7-4-8(13-11)9(6-11)12-7;1-9(2)11-7-3-5-10(12-11)6-4-8-11;1-9(2)11-6-3-4-10(8-11)5-7-11;1-8(2)10-5-3-9(4-6-10)11-7-10;1-8(2)10-5-3-9(4-6-10)7-11-10;1-8(2)10-6-3-4-9(11-10)5-7-10/h9-12H,3-8H2,1-2H3;11H,4-10H2,1-3H3;4-10H,1-3H3;10H,4-9H2,1-3H3;10-11H,3-9H2,1-2H3;4-9H2,1-3H3;7-9H,4-6H2,1-3H3;9-10H,3-8H2,1-2H3;9-10H,3-8H2,1-2H3;3*8-9H,3-7H2,1-2H3. The maximum atomic E-state index is 6.18. The van der Waals surface area contributed by atoms with Gasteiger partial charge in [0.15, 0.2) is 0 Å². The minimum atomic E-state index is 0.128. The average molecular weight is 1980 g/mol. The predicted molar refractivity (Wildman–Crippen MR) is 602 cm³/mol. The largest absolute Gasteiger partial charge is 0.378 e. The molecule has 0 amide bonds. The molecule has 0 spiro atoms. The molecule has 0 aromatic heterocycles. The van der Waals surface area contributed by atoms with Crippen LogP contribution in [0.4, 0.5) is 0 Å². The maximum Gasteiger partial charge on any atom is 0.0870 e. The van der Waals surface area contributed by atoms with Crippen LogP contribution < -0.4 is 0 Å².